The van der Waals surface area contributed by atoms with Gasteiger partial charge in [-0.25, -0.2) is 8.42 Å². The Balaban J connectivity index is 1.67. The third-order valence-electron chi connectivity index (χ3n) is 4.24. The Morgan fingerprint density at radius 3 is 2.95 bits per heavy atom. The summed E-state index contributed by atoms with van der Waals surface area (Å²) in [6, 6.07) is 6.20. The molecule has 3 rings (SSSR count). The summed E-state index contributed by atoms with van der Waals surface area (Å²) in [5.41, 5.74) is 2.43. The zero-order valence-corrected chi connectivity index (χ0v) is 12.6. The summed E-state index contributed by atoms with van der Waals surface area (Å²) in [5.74, 6) is 1.38. The lowest BCUT2D eigenvalue weighted by molar-refractivity contribution is 0.186. The van der Waals surface area contributed by atoms with Crippen LogP contribution in [0, 0.1) is 5.41 Å². The minimum Gasteiger partial charge on any atom is -0.493 e. The molecule has 2 aliphatic heterocycles. The lowest BCUT2D eigenvalue weighted by Gasteiger charge is -2.23. The summed E-state index contributed by atoms with van der Waals surface area (Å²) in [6.45, 7) is 4.39. The summed E-state index contributed by atoms with van der Waals surface area (Å²) >= 11 is 0. The molecule has 1 saturated heterocycles. The van der Waals surface area contributed by atoms with Crippen LogP contribution in [-0.2, 0) is 22.8 Å². The molecule has 0 radical (unpaired) electrons. The smallest absolute Gasteiger partial charge is 0.151 e. The van der Waals surface area contributed by atoms with Gasteiger partial charge in [-0.15, -0.1) is 0 Å². The predicted molar refractivity (Wildman–Crippen MR) is 78.7 cm³/mol. The van der Waals surface area contributed by atoms with Crippen LogP contribution >= 0.6 is 0 Å². The molecule has 1 aromatic rings. The molecular formula is C15H21NO3S. The Morgan fingerprint density at radius 1 is 1.35 bits per heavy atom. The van der Waals surface area contributed by atoms with Crippen molar-refractivity contribution in [3.8, 4) is 5.75 Å². The van der Waals surface area contributed by atoms with E-state index in [4.69, 9.17) is 4.74 Å². The van der Waals surface area contributed by atoms with Crippen molar-refractivity contribution >= 4 is 9.84 Å². The fourth-order valence-electron chi connectivity index (χ4n) is 3.00. The first kappa shape index (κ1) is 13.9. The number of benzene rings is 1. The van der Waals surface area contributed by atoms with Crippen LogP contribution < -0.4 is 10.1 Å². The molecule has 0 spiro atoms. The fraction of sp³-hybridized carbons (Fsp3) is 0.600. The van der Waals surface area contributed by atoms with E-state index in [-0.39, 0.29) is 11.2 Å². The van der Waals surface area contributed by atoms with Gasteiger partial charge in [0.25, 0.3) is 0 Å². The maximum atomic E-state index is 11.6. The third kappa shape index (κ3) is 2.99. The van der Waals surface area contributed by atoms with Crippen molar-refractivity contribution in [1.29, 1.82) is 0 Å². The van der Waals surface area contributed by atoms with Crippen LogP contribution in [0.5, 0.6) is 5.75 Å². The van der Waals surface area contributed by atoms with Gasteiger partial charge in [-0.05, 0) is 42.6 Å². The van der Waals surface area contributed by atoms with E-state index in [0.29, 0.717) is 18.8 Å². The van der Waals surface area contributed by atoms with Gasteiger partial charge in [-0.3, -0.25) is 0 Å². The Morgan fingerprint density at radius 2 is 2.20 bits per heavy atom. The van der Waals surface area contributed by atoms with Gasteiger partial charge >= 0.3 is 0 Å². The maximum absolute atomic E-state index is 11.6. The van der Waals surface area contributed by atoms with Crippen LogP contribution in [0.2, 0.25) is 0 Å². The maximum Gasteiger partial charge on any atom is 0.151 e. The van der Waals surface area contributed by atoms with E-state index in [1.165, 1.54) is 11.1 Å². The summed E-state index contributed by atoms with van der Waals surface area (Å²) in [5, 5.41) is 3.35. The van der Waals surface area contributed by atoms with Crippen molar-refractivity contribution in [2.45, 2.75) is 26.3 Å². The Labute approximate surface area is 120 Å². The molecule has 0 aromatic heterocycles. The van der Waals surface area contributed by atoms with Gasteiger partial charge in [0.1, 0.15) is 5.75 Å². The fourth-order valence-corrected chi connectivity index (χ4v) is 5.23. The lowest BCUT2D eigenvalue weighted by Crippen LogP contribution is -2.27. The van der Waals surface area contributed by atoms with E-state index in [1.807, 2.05) is 13.0 Å². The molecule has 2 aliphatic rings. The zero-order chi connectivity index (χ0) is 14.2. The molecule has 1 fully saturated rings. The molecule has 2 heterocycles. The van der Waals surface area contributed by atoms with Gasteiger partial charge in [0.2, 0.25) is 0 Å². The topological polar surface area (TPSA) is 55.4 Å². The summed E-state index contributed by atoms with van der Waals surface area (Å²) in [6.07, 6.45) is 1.76. The highest BCUT2D eigenvalue weighted by molar-refractivity contribution is 7.91. The number of hydrogen-bond acceptors (Lipinski definition) is 4. The van der Waals surface area contributed by atoms with E-state index < -0.39 is 9.84 Å². The van der Waals surface area contributed by atoms with Crippen LogP contribution in [0.4, 0.5) is 0 Å². The quantitative estimate of drug-likeness (QED) is 0.919. The van der Waals surface area contributed by atoms with Gasteiger partial charge in [0, 0.05) is 12.0 Å². The second-order valence-electron chi connectivity index (χ2n) is 6.30. The molecule has 0 bridgehead atoms. The van der Waals surface area contributed by atoms with E-state index in [9.17, 15) is 8.42 Å². The second kappa shape index (κ2) is 5.04. The van der Waals surface area contributed by atoms with E-state index in [0.717, 1.165) is 25.3 Å². The standard InChI is InChI=1S/C15H21NO3S/c1-15(5-7-20(17,18)11-15)10-19-14-3-2-12-4-6-16-9-13(12)8-14/h2-3,8,16H,4-7,9-11H2,1H3. The molecule has 5 heteroatoms. The molecule has 0 amide bonds. The molecule has 1 unspecified atom stereocenters. The Bertz CT molecular complexity index is 612. The number of nitrogens with one attached hydrogen (secondary N) is 1. The highest BCUT2D eigenvalue weighted by Crippen LogP contribution is 2.32. The Hall–Kier alpha value is -1.07. The molecular weight excluding hydrogens is 274 g/mol. The van der Waals surface area contributed by atoms with Crippen molar-refractivity contribution in [3.63, 3.8) is 0 Å². The molecule has 1 aromatic carbocycles. The van der Waals surface area contributed by atoms with Gasteiger partial charge in [-0.2, -0.15) is 0 Å². The van der Waals surface area contributed by atoms with Crippen molar-refractivity contribution in [3.05, 3.63) is 29.3 Å². The first-order valence-corrected chi connectivity index (χ1v) is 8.94. The van der Waals surface area contributed by atoms with Crippen LogP contribution in [0.15, 0.2) is 18.2 Å². The van der Waals surface area contributed by atoms with Gasteiger partial charge < -0.3 is 10.1 Å². The lowest BCUT2D eigenvalue weighted by atomic mass is 9.91. The minimum absolute atomic E-state index is 0.243. The van der Waals surface area contributed by atoms with Crippen LogP contribution in [0.3, 0.4) is 0 Å². The molecule has 0 saturated carbocycles. The van der Waals surface area contributed by atoms with Crippen molar-refractivity contribution in [2.75, 3.05) is 24.7 Å². The van der Waals surface area contributed by atoms with Crippen molar-refractivity contribution < 1.29 is 13.2 Å². The monoisotopic (exact) mass is 295 g/mol. The van der Waals surface area contributed by atoms with Crippen molar-refractivity contribution in [1.82, 2.24) is 5.32 Å². The average molecular weight is 295 g/mol. The number of ether oxygens (including phenoxy) is 1. The van der Waals surface area contributed by atoms with Crippen molar-refractivity contribution in [2.24, 2.45) is 5.41 Å². The Kier molecular flexibility index (Phi) is 3.50. The van der Waals surface area contributed by atoms with E-state index >= 15 is 0 Å². The summed E-state index contributed by atoms with van der Waals surface area (Å²) in [4.78, 5) is 0. The van der Waals surface area contributed by atoms with Gasteiger partial charge in [-0.1, -0.05) is 13.0 Å². The summed E-state index contributed by atoms with van der Waals surface area (Å²) < 4.78 is 29.0. The SMILES string of the molecule is CC1(COc2ccc3c(c2)CNCC3)CCS(=O)(=O)C1. The molecule has 110 valence electrons. The predicted octanol–water partition coefficient (Wildman–Crippen LogP) is 1.54. The van der Waals surface area contributed by atoms with Gasteiger partial charge in [0.15, 0.2) is 9.84 Å². The number of fused-ring (bicyclic) bond motifs is 1. The van der Waals surface area contributed by atoms with Crippen LogP contribution in [0.1, 0.15) is 24.5 Å². The minimum atomic E-state index is -2.86. The normalized spacial score (nSPS) is 28.1. The highest BCUT2D eigenvalue weighted by atomic mass is 32.2. The number of sulfone groups is 1. The zero-order valence-electron chi connectivity index (χ0n) is 11.8. The number of hydrogen-bond donors (Lipinski definition) is 1. The molecule has 20 heavy (non-hydrogen) atoms. The summed E-state index contributed by atoms with van der Waals surface area (Å²) in [7, 11) is -2.86. The van der Waals surface area contributed by atoms with Gasteiger partial charge in [0.05, 0.1) is 18.1 Å². The first-order chi connectivity index (χ1) is 9.46. The van der Waals surface area contributed by atoms with E-state index in [2.05, 4.69) is 17.4 Å². The van der Waals surface area contributed by atoms with Crippen LogP contribution in [0.25, 0.3) is 0 Å². The number of rotatable bonds is 3. The molecule has 0 aliphatic carbocycles. The van der Waals surface area contributed by atoms with E-state index in [1.54, 1.807) is 0 Å². The molecule has 4 nitrogen and oxygen atoms in total. The molecule has 1 atom stereocenters. The third-order valence-corrected chi connectivity index (χ3v) is 6.20. The second-order valence-corrected chi connectivity index (χ2v) is 8.48. The average Bonchev–Trinajstić information content (AvgIpc) is 2.71. The largest absolute Gasteiger partial charge is 0.493 e. The highest BCUT2D eigenvalue weighted by Gasteiger charge is 2.39. The molecule has 1 N–H and O–H groups in total. The first-order valence-electron chi connectivity index (χ1n) is 7.12. The van der Waals surface area contributed by atoms with Crippen LogP contribution in [-0.4, -0.2) is 33.1 Å².